The van der Waals surface area contributed by atoms with E-state index < -0.39 is 0 Å². The van der Waals surface area contributed by atoms with Crippen LogP contribution in [-0.2, 0) is 4.74 Å². The SMILES string of the molecule is CC.CCOCCNC(=O)c1cnccc1C. The molecule has 1 heterocycles. The summed E-state index contributed by atoms with van der Waals surface area (Å²) in [5.41, 5.74) is 1.55. The molecule has 17 heavy (non-hydrogen) atoms. The summed E-state index contributed by atoms with van der Waals surface area (Å²) in [7, 11) is 0. The van der Waals surface area contributed by atoms with Gasteiger partial charge in [-0.15, -0.1) is 0 Å². The Morgan fingerprint density at radius 3 is 2.76 bits per heavy atom. The molecule has 0 saturated heterocycles. The molecule has 0 atom stereocenters. The molecule has 0 radical (unpaired) electrons. The summed E-state index contributed by atoms with van der Waals surface area (Å²) in [6.07, 6.45) is 3.25. The lowest BCUT2D eigenvalue weighted by Crippen LogP contribution is -2.27. The highest BCUT2D eigenvalue weighted by molar-refractivity contribution is 5.95. The van der Waals surface area contributed by atoms with Crippen LogP contribution in [-0.4, -0.2) is 30.6 Å². The molecule has 0 fully saturated rings. The van der Waals surface area contributed by atoms with Gasteiger partial charge in [-0.2, -0.15) is 0 Å². The quantitative estimate of drug-likeness (QED) is 0.800. The van der Waals surface area contributed by atoms with Gasteiger partial charge in [-0.1, -0.05) is 13.8 Å². The normalized spacial score (nSPS) is 9.18. The molecule has 96 valence electrons. The molecule has 1 aromatic rings. The van der Waals surface area contributed by atoms with E-state index in [1.54, 1.807) is 12.4 Å². The summed E-state index contributed by atoms with van der Waals surface area (Å²) in [4.78, 5) is 15.5. The fourth-order valence-electron chi connectivity index (χ4n) is 1.18. The van der Waals surface area contributed by atoms with Gasteiger partial charge in [-0.3, -0.25) is 9.78 Å². The van der Waals surface area contributed by atoms with Crippen LogP contribution < -0.4 is 5.32 Å². The number of amides is 1. The Morgan fingerprint density at radius 1 is 1.47 bits per heavy atom. The Labute approximate surface area is 103 Å². The average Bonchev–Trinajstić information content (AvgIpc) is 2.37. The lowest BCUT2D eigenvalue weighted by atomic mass is 10.1. The number of carbonyl (C=O) groups is 1. The van der Waals surface area contributed by atoms with Gasteiger partial charge >= 0.3 is 0 Å². The smallest absolute Gasteiger partial charge is 0.253 e. The zero-order valence-electron chi connectivity index (χ0n) is 11.1. The molecule has 0 bridgehead atoms. The van der Waals surface area contributed by atoms with Gasteiger partial charge in [0.1, 0.15) is 0 Å². The van der Waals surface area contributed by atoms with Crippen LogP contribution in [0.5, 0.6) is 0 Å². The summed E-state index contributed by atoms with van der Waals surface area (Å²) in [5.74, 6) is -0.0969. The molecular formula is C13H22N2O2. The Morgan fingerprint density at radius 2 is 2.18 bits per heavy atom. The maximum absolute atomic E-state index is 11.6. The molecule has 0 aliphatic carbocycles. The molecule has 4 nitrogen and oxygen atoms in total. The van der Waals surface area contributed by atoms with Crippen LogP contribution in [0.15, 0.2) is 18.5 Å². The average molecular weight is 238 g/mol. The number of hydrogen-bond donors (Lipinski definition) is 1. The maximum atomic E-state index is 11.6. The van der Waals surface area contributed by atoms with Crippen LogP contribution in [0.1, 0.15) is 36.7 Å². The van der Waals surface area contributed by atoms with E-state index in [-0.39, 0.29) is 5.91 Å². The van der Waals surface area contributed by atoms with Gasteiger partial charge in [0.05, 0.1) is 12.2 Å². The summed E-state index contributed by atoms with van der Waals surface area (Å²) < 4.78 is 5.12. The van der Waals surface area contributed by atoms with Crippen LogP contribution in [0.2, 0.25) is 0 Å². The summed E-state index contributed by atoms with van der Waals surface area (Å²) >= 11 is 0. The van der Waals surface area contributed by atoms with E-state index in [0.29, 0.717) is 25.3 Å². The molecule has 1 N–H and O–H groups in total. The summed E-state index contributed by atoms with van der Waals surface area (Å²) in [6, 6.07) is 1.82. The third-order valence-corrected chi connectivity index (χ3v) is 2.02. The fraction of sp³-hybridized carbons (Fsp3) is 0.538. The van der Waals surface area contributed by atoms with Crippen molar-refractivity contribution in [2.45, 2.75) is 27.7 Å². The van der Waals surface area contributed by atoms with Crippen molar-refractivity contribution in [1.82, 2.24) is 10.3 Å². The topological polar surface area (TPSA) is 51.2 Å². The minimum atomic E-state index is -0.0969. The van der Waals surface area contributed by atoms with E-state index in [1.807, 2.05) is 33.8 Å². The number of ether oxygens (including phenoxy) is 1. The summed E-state index contributed by atoms with van der Waals surface area (Å²) in [5, 5.41) is 2.77. The molecule has 0 saturated carbocycles. The van der Waals surface area contributed by atoms with Crippen LogP contribution in [0.4, 0.5) is 0 Å². The first-order valence-corrected chi connectivity index (χ1v) is 6.02. The maximum Gasteiger partial charge on any atom is 0.253 e. The fourth-order valence-corrected chi connectivity index (χ4v) is 1.18. The number of nitrogens with zero attached hydrogens (tertiary/aromatic N) is 1. The van der Waals surface area contributed by atoms with Crippen molar-refractivity contribution >= 4 is 5.91 Å². The minimum absolute atomic E-state index is 0.0969. The van der Waals surface area contributed by atoms with Crippen LogP contribution in [0.25, 0.3) is 0 Å². The van der Waals surface area contributed by atoms with E-state index in [1.165, 1.54) is 0 Å². The van der Waals surface area contributed by atoms with Crippen molar-refractivity contribution < 1.29 is 9.53 Å². The van der Waals surface area contributed by atoms with E-state index in [0.717, 1.165) is 5.56 Å². The molecule has 1 rings (SSSR count). The second-order valence-electron chi connectivity index (χ2n) is 3.14. The molecule has 4 heteroatoms. The molecule has 0 aliphatic rings. The lowest BCUT2D eigenvalue weighted by molar-refractivity contribution is 0.0921. The Bertz CT molecular complexity index is 327. The number of nitrogens with one attached hydrogen (secondary N) is 1. The highest BCUT2D eigenvalue weighted by atomic mass is 16.5. The Balaban J connectivity index is 0.00000121. The summed E-state index contributed by atoms with van der Waals surface area (Å²) in [6.45, 7) is 9.55. The first-order chi connectivity index (χ1) is 8.25. The zero-order valence-corrected chi connectivity index (χ0v) is 11.1. The molecule has 1 aromatic heterocycles. The van der Waals surface area contributed by atoms with E-state index in [4.69, 9.17) is 4.74 Å². The number of carbonyl (C=O) groups excluding carboxylic acids is 1. The highest BCUT2D eigenvalue weighted by Gasteiger charge is 2.07. The molecule has 1 amide bonds. The van der Waals surface area contributed by atoms with Gasteiger partial charge in [0.25, 0.3) is 5.91 Å². The van der Waals surface area contributed by atoms with E-state index >= 15 is 0 Å². The molecule has 0 aliphatic heterocycles. The molecular weight excluding hydrogens is 216 g/mol. The monoisotopic (exact) mass is 238 g/mol. The molecule has 0 aromatic carbocycles. The van der Waals surface area contributed by atoms with Gasteiger partial charge in [-0.05, 0) is 25.5 Å². The first kappa shape index (κ1) is 15.6. The van der Waals surface area contributed by atoms with Gasteiger partial charge < -0.3 is 10.1 Å². The number of pyridine rings is 1. The Hall–Kier alpha value is -1.42. The van der Waals surface area contributed by atoms with Gasteiger partial charge in [0, 0.05) is 25.5 Å². The second-order valence-corrected chi connectivity index (χ2v) is 3.14. The van der Waals surface area contributed by atoms with Gasteiger partial charge in [-0.25, -0.2) is 0 Å². The third kappa shape index (κ3) is 6.02. The number of aromatic nitrogens is 1. The minimum Gasteiger partial charge on any atom is -0.380 e. The lowest BCUT2D eigenvalue weighted by Gasteiger charge is -2.06. The van der Waals surface area contributed by atoms with Crippen molar-refractivity contribution in [1.29, 1.82) is 0 Å². The molecule has 0 spiro atoms. The van der Waals surface area contributed by atoms with Crippen LogP contribution in [0, 0.1) is 6.92 Å². The van der Waals surface area contributed by atoms with Crippen molar-refractivity contribution in [2.24, 2.45) is 0 Å². The second kappa shape index (κ2) is 9.78. The number of aryl methyl sites for hydroxylation is 1. The van der Waals surface area contributed by atoms with E-state index in [9.17, 15) is 4.79 Å². The predicted molar refractivity (Wildman–Crippen MR) is 69.1 cm³/mol. The van der Waals surface area contributed by atoms with Gasteiger partial charge in [0.2, 0.25) is 0 Å². The van der Waals surface area contributed by atoms with E-state index in [2.05, 4.69) is 10.3 Å². The number of hydrogen-bond acceptors (Lipinski definition) is 3. The highest BCUT2D eigenvalue weighted by Crippen LogP contribution is 2.03. The Kier molecular flexibility index (Phi) is 8.96. The predicted octanol–water partition coefficient (Wildman–Crippen LogP) is 2.18. The van der Waals surface area contributed by atoms with Crippen LogP contribution in [0.3, 0.4) is 0 Å². The number of rotatable bonds is 5. The van der Waals surface area contributed by atoms with Crippen molar-refractivity contribution in [3.8, 4) is 0 Å². The third-order valence-electron chi connectivity index (χ3n) is 2.02. The standard InChI is InChI=1S/C11H16N2O2.C2H6/c1-3-15-7-6-13-11(14)10-8-12-5-4-9(10)2;1-2/h4-5,8H,3,6-7H2,1-2H3,(H,13,14);1-2H3. The van der Waals surface area contributed by atoms with Crippen molar-refractivity contribution in [2.75, 3.05) is 19.8 Å². The first-order valence-electron chi connectivity index (χ1n) is 6.02. The van der Waals surface area contributed by atoms with Crippen LogP contribution >= 0.6 is 0 Å². The van der Waals surface area contributed by atoms with Crippen molar-refractivity contribution in [3.63, 3.8) is 0 Å². The molecule has 0 unspecified atom stereocenters. The van der Waals surface area contributed by atoms with Gasteiger partial charge in [0.15, 0.2) is 0 Å². The largest absolute Gasteiger partial charge is 0.380 e. The van der Waals surface area contributed by atoms with Crippen molar-refractivity contribution in [3.05, 3.63) is 29.6 Å². The zero-order chi connectivity index (χ0) is 13.1.